The average molecular weight is 367 g/mol. The molecule has 0 saturated carbocycles. The van der Waals surface area contributed by atoms with Crippen molar-refractivity contribution in [1.82, 2.24) is 25.4 Å². The number of aryl methyl sites for hydroxylation is 1. The number of thioether (sulfide) groups is 1. The second-order valence-corrected chi connectivity index (χ2v) is 8.45. The van der Waals surface area contributed by atoms with Gasteiger partial charge in [-0.1, -0.05) is 13.8 Å². The van der Waals surface area contributed by atoms with Crippen LogP contribution in [0.25, 0.3) is 0 Å². The normalized spacial score (nSPS) is 26.8. The van der Waals surface area contributed by atoms with Crippen LogP contribution < -0.4 is 10.6 Å². The van der Waals surface area contributed by atoms with E-state index in [1.165, 1.54) is 0 Å². The molecule has 7 nitrogen and oxygen atoms in total. The van der Waals surface area contributed by atoms with E-state index in [1.54, 1.807) is 11.8 Å². The molecule has 0 bridgehead atoms. The number of aromatic nitrogens is 3. The molecule has 1 aromatic rings. The Hall–Kier alpha value is -1.28. The number of rotatable bonds is 5. The van der Waals surface area contributed by atoms with E-state index in [2.05, 4.69) is 51.2 Å². The highest BCUT2D eigenvalue weighted by molar-refractivity contribution is 7.99. The Kier molecular flexibility index (Phi) is 5.89. The fraction of sp³-hybridized carbons (Fsp3) is 0.824. The molecule has 2 unspecified atom stereocenters. The van der Waals surface area contributed by atoms with Gasteiger partial charge in [0.1, 0.15) is 11.6 Å². The van der Waals surface area contributed by atoms with Gasteiger partial charge in [0.05, 0.1) is 12.1 Å². The Labute approximate surface area is 154 Å². The molecular formula is C17H30N6OS. The maximum Gasteiger partial charge on any atom is 0.191 e. The predicted molar refractivity (Wildman–Crippen MR) is 102 cm³/mol. The summed E-state index contributed by atoms with van der Waals surface area (Å²) >= 11 is 1.80. The first-order chi connectivity index (χ1) is 12.0. The fourth-order valence-electron chi connectivity index (χ4n) is 3.35. The molecule has 0 aromatic carbocycles. The third-order valence-corrected chi connectivity index (χ3v) is 6.03. The van der Waals surface area contributed by atoms with Gasteiger partial charge in [0.2, 0.25) is 0 Å². The van der Waals surface area contributed by atoms with Crippen LogP contribution in [0.1, 0.15) is 51.2 Å². The molecule has 0 aliphatic carbocycles. The van der Waals surface area contributed by atoms with Crippen LogP contribution in [0.15, 0.2) is 4.99 Å². The summed E-state index contributed by atoms with van der Waals surface area (Å²) in [5, 5.41) is 26.0. The molecule has 140 valence electrons. The van der Waals surface area contributed by atoms with Gasteiger partial charge >= 0.3 is 0 Å². The van der Waals surface area contributed by atoms with E-state index in [1.807, 2.05) is 0 Å². The van der Waals surface area contributed by atoms with Crippen molar-refractivity contribution in [3.63, 3.8) is 0 Å². The minimum Gasteiger partial charge on any atom is -0.387 e. The van der Waals surface area contributed by atoms with E-state index in [4.69, 9.17) is 0 Å². The van der Waals surface area contributed by atoms with Crippen molar-refractivity contribution >= 4 is 17.7 Å². The number of guanidine groups is 1. The molecule has 0 spiro atoms. The Morgan fingerprint density at radius 1 is 1.48 bits per heavy atom. The van der Waals surface area contributed by atoms with Crippen molar-refractivity contribution in [3.05, 3.63) is 11.6 Å². The van der Waals surface area contributed by atoms with Gasteiger partial charge < -0.3 is 20.3 Å². The van der Waals surface area contributed by atoms with Gasteiger partial charge in [-0.25, -0.2) is 0 Å². The molecule has 25 heavy (non-hydrogen) atoms. The molecule has 1 fully saturated rings. The lowest BCUT2D eigenvalue weighted by atomic mass is 10.0. The maximum atomic E-state index is 10.5. The number of hydrogen-bond acceptors (Lipinski definition) is 5. The quantitative estimate of drug-likeness (QED) is 0.535. The summed E-state index contributed by atoms with van der Waals surface area (Å²) in [5.41, 5.74) is -0.647. The van der Waals surface area contributed by atoms with Crippen LogP contribution in [0.3, 0.4) is 0 Å². The average Bonchev–Trinajstić information content (AvgIpc) is 3.19. The van der Waals surface area contributed by atoms with Gasteiger partial charge in [0, 0.05) is 37.2 Å². The summed E-state index contributed by atoms with van der Waals surface area (Å²) in [6.07, 6.45) is 2.77. The summed E-state index contributed by atoms with van der Waals surface area (Å²) in [4.78, 5) is 4.65. The van der Waals surface area contributed by atoms with Crippen molar-refractivity contribution in [2.45, 2.75) is 64.1 Å². The standard InChI is InChI=1S/C17H30N6OS/c1-4-18-16(19-10-17(24)7-8-25-11-17)20-13-5-6-14-21-22-15(12(2)3)23(14)9-13/h12-13,24H,4-11H2,1-3H3,(H2,18,19,20). The Balaban J connectivity index is 1.65. The van der Waals surface area contributed by atoms with Crippen LogP contribution in [-0.2, 0) is 13.0 Å². The first-order valence-electron chi connectivity index (χ1n) is 9.27. The summed E-state index contributed by atoms with van der Waals surface area (Å²) in [5.74, 6) is 5.10. The summed E-state index contributed by atoms with van der Waals surface area (Å²) in [6, 6.07) is 0.298. The maximum absolute atomic E-state index is 10.5. The number of nitrogens with one attached hydrogen (secondary N) is 2. The molecule has 0 amide bonds. The summed E-state index contributed by atoms with van der Waals surface area (Å²) < 4.78 is 2.25. The van der Waals surface area contributed by atoms with E-state index < -0.39 is 5.60 Å². The van der Waals surface area contributed by atoms with Crippen molar-refractivity contribution < 1.29 is 5.11 Å². The van der Waals surface area contributed by atoms with Gasteiger partial charge in [-0.05, 0) is 25.5 Å². The van der Waals surface area contributed by atoms with E-state index in [0.717, 1.165) is 61.5 Å². The van der Waals surface area contributed by atoms with Crippen LogP contribution in [-0.4, -0.2) is 62.1 Å². The van der Waals surface area contributed by atoms with Crippen molar-refractivity contribution in [1.29, 1.82) is 0 Å². The van der Waals surface area contributed by atoms with Crippen LogP contribution in [0.5, 0.6) is 0 Å². The minimum atomic E-state index is -0.647. The highest BCUT2D eigenvalue weighted by Gasteiger charge is 2.31. The fourth-order valence-corrected chi connectivity index (χ4v) is 4.64. The number of aliphatic hydroxyl groups is 1. The van der Waals surface area contributed by atoms with Crippen molar-refractivity contribution in [3.8, 4) is 0 Å². The van der Waals surface area contributed by atoms with Gasteiger partial charge in [-0.2, -0.15) is 11.8 Å². The Morgan fingerprint density at radius 2 is 2.32 bits per heavy atom. The molecule has 0 radical (unpaired) electrons. The van der Waals surface area contributed by atoms with Crippen LogP contribution in [0.4, 0.5) is 0 Å². The topological polar surface area (TPSA) is 87.4 Å². The van der Waals surface area contributed by atoms with E-state index in [9.17, 15) is 5.11 Å². The zero-order valence-electron chi connectivity index (χ0n) is 15.5. The number of aliphatic imine (C=N–C) groups is 1. The largest absolute Gasteiger partial charge is 0.387 e. The Bertz CT molecular complexity index is 608. The second kappa shape index (κ2) is 7.95. The first-order valence-corrected chi connectivity index (χ1v) is 10.4. The first kappa shape index (κ1) is 18.5. The van der Waals surface area contributed by atoms with Gasteiger partial charge in [-0.15, -0.1) is 10.2 Å². The van der Waals surface area contributed by atoms with Gasteiger partial charge in [-0.3, -0.25) is 4.99 Å². The monoisotopic (exact) mass is 366 g/mol. The molecule has 3 rings (SSSR count). The lowest BCUT2D eigenvalue weighted by Gasteiger charge is -2.28. The summed E-state index contributed by atoms with van der Waals surface area (Å²) in [7, 11) is 0. The Morgan fingerprint density at radius 3 is 3.00 bits per heavy atom. The second-order valence-electron chi connectivity index (χ2n) is 7.34. The highest BCUT2D eigenvalue weighted by atomic mass is 32.2. The van der Waals surface area contributed by atoms with Crippen molar-refractivity contribution in [2.75, 3.05) is 24.6 Å². The SMILES string of the molecule is CCNC(=NCC1(O)CCSC1)NC1CCc2nnc(C(C)C)n2C1. The van der Waals surface area contributed by atoms with Crippen LogP contribution in [0.2, 0.25) is 0 Å². The van der Waals surface area contributed by atoms with E-state index in [-0.39, 0.29) is 0 Å². The lowest BCUT2D eigenvalue weighted by molar-refractivity contribution is 0.0778. The summed E-state index contributed by atoms with van der Waals surface area (Å²) in [6.45, 7) is 8.49. The minimum absolute atomic E-state index is 0.298. The molecule has 2 aliphatic rings. The van der Waals surface area contributed by atoms with Gasteiger partial charge in [0.15, 0.2) is 5.96 Å². The van der Waals surface area contributed by atoms with Crippen LogP contribution >= 0.6 is 11.8 Å². The van der Waals surface area contributed by atoms with Gasteiger partial charge in [0.25, 0.3) is 0 Å². The molecule has 1 saturated heterocycles. The number of fused-ring (bicyclic) bond motifs is 1. The number of hydrogen-bond donors (Lipinski definition) is 3. The predicted octanol–water partition coefficient (Wildman–Crippen LogP) is 1.14. The highest BCUT2D eigenvalue weighted by Crippen LogP contribution is 2.28. The molecule has 3 N–H and O–H groups in total. The molecular weight excluding hydrogens is 336 g/mol. The molecule has 8 heteroatoms. The molecule has 2 atom stereocenters. The smallest absolute Gasteiger partial charge is 0.191 e. The third kappa shape index (κ3) is 4.47. The molecule has 1 aromatic heterocycles. The third-order valence-electron chi connectivity index (χ3n) is 4.79. The number of nitrogens with zero attached hydrogens (tertiary/aromatic N) is 4. The zero-order chi connectivity index (χ0) is 17.9. The van der Waals surface area contributed by atoms with Crippen LogP contribution in [0, 0.1) is 0 Å². The van der Waals surface area contributed by atoms with Crippen molar-refractivity contribution in [2.24, 2.45) is 4.99 Å². The lowest BCUT2D eigenvalue weighted by Crippen LogP contribution is -2.48. The van der Waals surface area contributed by atoms with E-state index in [0.29, 0.717) is 18.5 Å². The van der Waals surface area contributed by atoms with E-state index >= 15 is 0 Å². The zero-order valence-corrected chi connectivity index (χ0v) is 16.3. The molecule has 2 aliphatic heterocycles. The molecule has 3 heterocycles.